The van der Waals surface area contributed by atoms with Gasteiger partial charge in [-0.3, -0.25) is 0 Å². The number of pyridine rings is 1. The Labute approximate surface area is 95.2 Å². The fraction of sp³-hybridized carbons (Fsp3) is 0.400. The number of hydrogen-bond donors (Lipinski definition) is 2. The number of nitrogens with two attached hydrogens (primary N) is 1. The fourth-order valence-electron chi connectivity index (χ4n) is 1.10. The highest BCUT2D eigenvalue weighted by molar-refractivity contribution is 5.88. The van der Waals surface area contributed by atoms with Crippen LogP contribution in [-0.2, 0) is 9.47 Å². The van der Waals surface area contributed by atoms with Gasteiger partial charge in [0.15, 0.2) is 5.69 Å². The molecule has 0 amide bonds. The predicted octanol–water partition coefficient (Wildman–Crippen LogP) is 0.755. The Kier molecular flexibility index (Phi) is 4.53. The van der Waals surface area contributed by atoms with Crippen molar-refractivity contribution < 1.29 is 15.7 Å². The lowest BCUT2D eigenvalue weighted by atomic mass is 10.3. The lowest BCUT2D eigenvalue weighted by Gasteiger charge is -2.08. The van der Waals surface area contributed by atoms with Gasteiger partial charge >= 0.3 is 5.97 Å². The van der Waals surface area contributed by atoms with Gasteiger partial charge in [0, 0.05) is 15.1 Å². The molecule has 0 atom stereocenters. The highest BCUT2D eigenvalue weighted by atomic mass is 16.5. The van der Waals surface area contributed by atoms with Crippen molar-refractivity contribution >= 4 is 17.5 Å². The molecule has 0 saturated carbocycles. The van der Waals surface area contributed by atoms with Gasteiger partial charge in [0.25, 0.3) is 0 Å². The van der Waals surface area contributed by atoms with E-state index >= 15 is 0 Å². The molecule has 90 valence electrons. The van der Waals surface area contributed by atoms with E-state index in [0.717, 1.165) is 0 Å². The third-order valence-electron chi connectivity index (χ3n) is 1.92. The standard InChI is InChI=1S/C10H15N3O3.H2/c1-15-6-5-12-9-7(11)3-4-8(13-9)10(14)16-2;/h3-4H,5-6,11H2,1-2H3,(H,12,13);1H. The van der Waals surface area contributed by atoms with Gasteiger partial charge in [-0.1, -0.05) is 0 Å². The predicted molar refractivity (Wildman–Crippen MR) is 62.5 cm³/mol. The average Bonchev–Trinajstić information content (AvgIpc) is 2.31. The molecule has 0 radical (unpaired) electrons. The zero-order valence-electron chi connectivity index (χ0n) is 9.32. The van der Waals surface area contributed by atoms with Crippen LogP contribution in [0.3, 0.4) is 0 Å². The number of anilines is 2. The van der Waals surface area contributed by atoms with Crippen LogP contribution in [0.25, 0.3) is 0 Å². The van der Waals surface area contributed by atoms with E-state index in [9.17, 15) is 4.79 Å². The minimum absolute atomic E-state index is 0. The number of aromatic nitrogens is 1. The van der Waals surface area contributed by atoms with Crippen LogP contribution in [0.5, 0.6) is 0 Å². The van der Waals surface area contributed by atoms with Gasteiger partial charge in [-0.15, -0.1) is 0 Å². The normalized spacial score (nSPS) is 9.88. The van der Waals surface area contributed by atoms with Gasteiger partial charge in [0.05, 0.1) is 19.4 Å². The van der Waals surface area contributed by atoms with Crippen molar-refractivity contribution in [1.82, 2.24) is 4.98 Å². The quantitative estimate of drug-likeness (QED) is 0.570. The Morgan fingerprint density at radius 2 is 2.31 bits per heavy atom. The Balaban J connectivity index is 0.00000256. The van der Waals surface area contributed by atoms with Crippen LogP contribution in [0.4, 0.5) is 11.5 Å². The van der Waals surface area contributed by atoms with Gasteiger partial charge in [-0.25, -0.2) is 9.78 Å². The fourth-order valence-corrected chi connectivity index (χ4v) is 1.10. The third kappa shape index (κ3) is 3.09. The minimum Gasteiger partial charge on any atom is -0.464 e. The lowest BCUT2D eigenvalue weighted by molar-refractivity contribution is 0.0594. The number of nitrogen functional groups attached to an aromatic ring is 1. The van der Waals surface area contributed by atoms with Crippen LogP contribution < -0.4 is 11.1 Å². The molecule has 0 aliphatic heterocycles. The first-order valence-electron chi connectivity index (χ1n) is 4.76. The van der Waals surface area contributed by atoms with Crippen molar-refractivity contribution in [2.24, 2.45) is 0 Å². The summed E-state index contributed by atoms with van der Waals surface area (Å²) in [6, 6.07) is 3.12. The SMILES string of the molecule is COCCNc1nc(C(=O)OC)ccc1N.[HH]. The third-order valence-corrected chi connectivity index (χ3v) is 1.92. The highest BCUT2D eigenvalue weighted by Crippen LogP contribution is 2.15. The van der Waals surface area contributed by atoms with E-state index < -0.39 is 5.97 Å². The van der Waals surface area contributed by atoms with Gasteiger partial charge in [-0.05, 0) is 12.1 Å². The van der Waals surface area contributed by atoms with Crippen LogP contribution >= 0.6 is 0 Å². The van der Waals surface area contributed by atoms with E-state index in [1.165, 1.54) is 13.2 Å². The number of ether oxygens (including phenoxy) is 2. The summed E-state index contributed by atoms with van der Waals surface area (Å²) >= 11 is 0. The van der Waals surface area contributed by atoms with E-state index in [4.69, 9.17) is 10.5 Å². The molecule has 6 heteroatoms. The van der Waals surface area contributed by atoms with Crippen LogP contribution in [0.2, 0.25) is 0 Å². The Hall–Kier alpha value is -1.82. The van der Waals surface area contributed by atoms with Crippen molar-refractivity contribution in [3.05, 3.63) is 17.8 Å². The summed E-state index contributed by atoms with van der Waals surface area (Å²) in [6.45, 7) is 1.10. The van der Waals surface area contributed by atoms with Gasteiger partial charge < -0.3 is 20.5 Å². The monoisotopic (exact) mass is 227 g/mol. The number of nitrogens with one attached hydrogen (secondary N) is 1. The number of carbonyl (C=O) groups excluding carboxylic acids is 1. The molecule has 0 spiro atoms. The number of carbonyl (C=O) groups is 1. The summed E-state index contributed by atoms with van der Waals surface area (Å²) in [5, 5.41) is 2.96. The molecule has 1 rings (SSSR count). The van der Waals surface area contributed by atoms with E-state index in [1.54, 1.807) is 13.2 Å². The maximum Gasteiger partial charge on any atom is 0.356 e. The Morgan fingerprint density at radius 1 is 1.56 bits per heavy atom. The van der Waals surface area contributed by atoms with Gasteiger partial charge in [0.2, 0.25) is 0 Å². The molecule has 0 aliphatic carbocycles. The van der Waals surface area contributed by atoms with Crippen molar-refractivity contribution in [1.29, 1.82) is 0 Å². The largest absolute Gasteiger partial charge is 0.464 e. The summed E-state index contributed by atoms with van der Waals surface area (Å²) in [5.74, 6) is -0.0326. The van der Waals surface area contributed by atoms with Crippen LogP contribution in [0, 0.1) is 0 Å². The molecule has 16 heavy (non-hydrogen) atoms. The van der Waals surface area contributed by atoms with Crippen molar-refractivity contribution in [3.63, 3.8) is 0 Å². The Morgan fingerprint density at radius 3 is 2.94 bits per heavy atom. The molecule has 1 heterocycles. The van der Waals surface area contributed by atoms with Crippen molar-refractivity contribution in [2.45, 2.75) is 0 Å². The number of hydrogen-bond acceptors (Lipinski definition) is 6. The first-order valence-corrected chi connectivity index (χ1v) is 4.76. The zero-order chi connectivity index (χ0) is 12.0. The number of nitrogens with zero attached hydrogens (tertiary/aromatic N) is 1. The first kappa shape index (κ1) is 12.3. The van der Waals surface area contributed by atoms with Crippen LogP contribution in [-0.4, -0.2) is 38.3 Å². The summed E-state index contributed by atoms with van der Waals surface area (Å²) in [6.07, 6.45) is 0. The molecule has 0 fully saturated rings. The van der Waals surface area contributed by atoms with Crippen molar-refractivity contribution in [2.75, 3.05) is 38.4 Å². The molecular formula is C10H17N3O3. The number of esters is 1. The summed E-state index contributed by atoms with van der Waals surface area (Å²) in [5.41, 5.74) is 6.39. The van der Waals surface area contributed by atoms with E-state index in [2.05, 4.69) is 15.0 Å². The number of methoxy groups -OCH3 is 2. The molecule has 0 aliphatic rings. The molecule has 0 bridgehead atoms. The van der Waals surface area contributed by atoms with E-state index in [1.807, 2.05) is 0 Å². The first-order chi connectivity index (χ1) is 7.69. The van der Waals surface area contributed by atoms with Crippen LogP contribution in [0.1, 0.15) is 11.9 Å². The summed E-state index contributed by atoms with van der Waals surface area (Å²) in [7, 11) is 2.90. The molecular weight excluding hydrogens is 210 g/mol. The summed E-state index contributed by atoms with van der Waals surface area (Å²) in [4.78, 5) is 15.3. The molecule has 3 N–H and O–H groups in total. The molecule has 6 nitrogen and oxygen atoms in total. The van der Waals surface area contributed by atoms with Gasteiger partial charge in [-0.2, -0.15) is 0 Å². The molecule has 1 aromatic heterocycles. The van der Waals surface area contributed by atoms with Gasteiger partial charge in [0.1, 0.15) is 5.82 Å². The Bertz CT molecular complexity index is 374. The molecule has 0 aromatic carbocycles. The minimum atomic E-state index is -0.491. The maximum absolute atomic E-state index is 11.2. The van der Waals surface area contributed by atoms with E-state index in [-0.39, 0.29) is 7.12 Å². The second-order valence-electron chi connectivity index (χ2n) is 3.05. The smallest absolute Gasteiger partial charge is 0.356 e. The lowest BCUT2D eigenvalue weighted by Crippen LogP contribution is -2.13. The molecule has 0 saturated heterocycles. The van der Waals surface area contributed by atoms with E-state index in [0.29, 0.717) is 24.7 Å². The van der Waals surface area contributed by atoms with Crippen molar-refractivity contribution in [3.8, 4) is 0 Å². The van der Waals surface area contributed by atoms with Crippen LogP contribution in [0.15, 0.2) is 12.1 Å². The second-order valence-corrected chi connectivity index (χ2v) is 3.05. The highest BCUT2D eigenvalue weighted by Gasteiger charge is 2.09. The average molecular weight is 227 g/mol. The zero-order valence-corrected chi connectivity index (χ0v) is 9.32. The second kappa shape index (κ2) is 5.92. The topological polar surface area (TPSA) is 86.5 Å². The molecule has 0 unspecified atom stereocenters. The number of rotatable bonds is 5. The maximum atomic E-state index is 11.2. The molecule has 1 aromatic rings. The summed E-state index contributed by atoms with van der Waals surface area (Å²) < 4.78 is 9.44.